The normalized spacial score (nSPS) is 15.4. The predicted octanol–water partition coefficient (Wildman–Crippen LogP) is 5.50. The lowest BCUT2D eigenvalue weighted by Crippen LogP contribution is -2.04. The van der Waals surface area contributed by atoms with Crippen molar-refractivity contribution in [3.63, 3.8) is 0 Å². The summed E-state index contributed by atoms with van der Waals surface area (Å²) in [6, 6.07) is 20.8. The van der Waals surface area contributed by atoms with Gasteiger partial charge in [-0.2, -0.15) is 4.58 Å². The van der Waals surface area contributed by atoms with Gasteiger partial charge in [0.2, 0.25) is 11.4 Å². The minimum absolute atomic E-state index is 0.843. The number of rotatable bonds is 5. The van der Waals surface area contributed by atoms with Crippen LogP contribution in [0.1, 0.15) is 13.3 Å². The molecule has 2 aromatic carbocycles. The van der Waals surface area contributed by atoms with Crippen molar-refractivity contribution < 1.29 is 0 Å². The van der Waals surface area contributed by atoms with Crippen LogP contribution in [0.15, 0.2) is 102 Å². The summed E-state index contributed by atoms with van der Waals surface area (Å²) in [7, 11) is 0. The van der Waals surface area contributed by atoms with Crippen molar-refractivity contribution in [1.82, 2.24) is 4.58 Å². The lowest BCUT2D eigenvalue weighted by atomic mass is 10.1. The summed E-state index contributed by atoms with van der Waals surface area (Å²) < 4.78 is 2.19. The van der Waals surface area contributed by atoms with Crippen LogP contribution in [0.25, 0.3) is 0 Å². The van der Waals surface area contributed by atoms with Crippen molar-refractivity contribution in [1.29, 1.82) is 0 Å². The predicted molar refractivity (Wildman–Crippen MR) is 109 cm³/mol. The van der Waals surface area contributed by atoms with E-state index in [2.05, 4.69) is 102 Å². The molecule has 2 heteroatoms. The molecule has 0 bridgehead atoms. The number of hydrogen-bond donors (Lipinski definition) is 0. The molecular weight excluding hydrogens is 304 g/mol. The summed E-state index contributed by atoms with van der Waals surface area (Å²) in [5.41, 5.74) is 4.65. The SMILES string of the molecule is CCN=C1C=CC(C=CC=[N+](c2ccccc2)c2ccccc2)=CC1. The minimum Gasteiger partial charge on any atom is -0.290 e. The van der Waals surface area contributed by atoms with Gasteiger partial charge >= 0.3 is 0 Å². The van der Waals surface area contributed by atoms with Crippen LogP contribution in [0, 0.1) is 0 Å². The van der Waals surface area contributed by atoms with E-state index in [1.165, 1.54) is 5.57 Å². The molecule has 0 heterocycles. The molecule has 0 saturated heterocycles. The van der Waals surface area contributed by atoms with Gasteiger partial charge in [0.25, 0.3) is 0 Å². The maximum atomic E-state index is 4.45. The zero-order chi connectivity index (χ0) is 17.3. The molecule has 25 heavy (non-hydrogen) atoms. The van der Waals surface area contributed by atoms with E-state index >= 15 is 0 Å². The van der Waals surface area contributed by atoms with E-state index in [0.29, 0.717) is 0 Å². The van der Waals surface area contributed by atoms with Crippen LogP contribution < -0.4 is 4.58 Å². The van der Waals surface area contributed by atoms with Gasteiger partial charge in [-0.15, -0.1) is 0 Å². The minimum atomic E-state index is 0.843. The highest BCUT2D eigenvalue weighted by Gasteiger charge is 2.10. The molecule has 0 spiro atoms. The van der Waals surface area contributed by atoms with Crippen molar-refractivity contribution in [2.75, 3.05) is 6.54 Å². The molecule has 1 aliphatic rings. The van der Waals surface area contributed by atoms with Crippen LogP contribution >= 0.6 is 0 Å². The third-order valence-corrected chi connectivity index (χ3v) is 3.97. The molecule has 0 amide bonds. The number of benzene rings is 2. The zero-order valence-electron chi connectivity index (χ0n) is 14.5. The third-order valence-electron chi connectivity index (χ3n) is 3.97. The van der Waals surface area contributed by atoms with Gasteiger partial charge in [0.1, 0.15) is 0 Å². The molecule has 124 valence electrons. The Morgan fingerprint density at radius 3 is 2.08 bits per heavy atom. The summed E-state index contributed by atoms with van der Waals surface area (Å²) in [5, 5.41) is 0. The van der Waals surface area contributed by atoms with Crippen molar-refractivity contribution in [2.45, 2.75) is 13.3 Å². The van der Waals surface area contributed by atoms with Gasteiger partial charge in [-0.3, -0.25) is 4.99 Å². The molecule has 0 aliphatic heterocycles. The first-order valence-corrected chi connectivity index (χ1v) is 8.69. The van der Waals surface area contributed by atoms with E-state index in [9.17, 15) is 0 Å². The van der Waals surface area contributed by atoms with Gasteiger partial charge in [0.05, 0.1) is 0 Å². The fourth-order valence-corrected chi connectivity index (χ4v) is 2.73. The van der Waals surface area contributed by atoms with E-state index < -0.39 is 0 Å². The number of para-hydroxylation sites is 2. The molecule has 1 aliphatic carbocycles. The molecule has 0 N–H and O–H groups in total. The Balaban J connectivity index is 1.83. The number of aliphatic imine (C=N–C) groups is 1. The molecule has 0 radical (unpaired) electrons. The molecule has 3 rings (SSSR count). The molecular formula is C23H23N2+. The van der Waals surface area contributed by atoms with Crippen LogP contribution in [0.4, 0.5) is 11.4 Å². The van der Waals surface area contributed by atoms with E-state index in [4.69, 9.17) is 0 Å². The van der Waals surface area contributed by atoms with E-state index in [1.807, 2.05) is 12.1 Å². The lowest BCUT2D eigenvalue weighted by molar-refractivity contribution is 1.10. The summed E-state index contributed by atoms with van der Waals surface area (Å²) >= 11 is 0. The summed E-state index contributed by atoms with van der Waals surface area (Å²) in [6.07, 6.45) is 13.7. The second-order valence-corrected chi connectivity index (χ2v) is 5.76. The maximum absolute atomic E-state index is 4.45. The van der Waals surface area contributed by atoms with E-state index in [1.54, 1.807) is 0 Å². The van der Waals surface area contributed by atoms with E-state index in [0.717, 1.165) is 30.1 Å². The first-order valence-electron chi connectivity index (χ1n) is 8.69. The zero-order valence-corrected chi connectivity index (χ0v) is 14.5. The lowest BCUT2D eigenvalue weighted by Gasteiger charge is -2.04. The Labute approximate surface area is 149 Å². The first kappa shape index (κ1) is 16.8. The van der Waals surface area contributed by atoms with Crippen LogP contribution in [0.3, 0.4) is 0 Å². The standard InChI is InChI=1S/C23H23N2/c1-2-24-21-17-15-20(16-18-21)10-9-19-25(22-11-5-3-6-12-22)23-13-7-4-8-14-23/h3-17,19H,2,18H2,1H3/q+1. The van der Waals surface area contributed by atoms with Gasteiger partial charge in [0, 0.05) is 49.0 Å². The highest BCUT2D eigenvalue weighted by Crippen LogP contribution is 2.19. The molecule has 0 aromatic heterocycles. The molecule has 0 atom stereocenters. The fraction of sp³-hybridized carbons (Fsp3) is 0.130. The molecule has 0 saturated carbocycles. The summed E-state index contributed by atoms with van der Waals surface area (Å²) in [5.74, 6) is 0. The Bertz CT molecular complexity index is 797. The van der Waals surface area contributed by atoms with Crippen molar-refractivity contribution in [3.05, 3.63) is 96.6 Å². The smallest absolute Gasteiger partial charge is 0.211 e. The average molecular weight is 327 g/mol. The largest absolute Gasteiger partial charge is 0.290 e. The van der Waals surface area contributed by atoms with Crippen LogP contribution in [-0.4, -0.2) is 18.5 Å². The summed E-state index contributed by atoms with van der Waals surface area (Å²) in [6.45, 7) is 2.91. The quantitative estimate of drug-likeness (QED) is 0.509. The Morgan fingerprint density at radius 2 is 1.56 bits per heavy atom. The topological polar surface area (TPSA) is 15.4 Å². The van der Waals surface area contributed by atoms with Gasteiger partial charge in [-0.25, -0.2) is 0 Å². The van der Waals surface area contributed by atoms with Crippen molar-refractivity contribution in [3.8, 4) is 0 Å². The van der Waals surface area contributed by atoms with Crippen LogP contribution in [0.5, 0.6) is 0 Å². The summed E-state index contributed by atoms with van der Waals surface area (Å²) in [4.78, 5) is 4.45. The molecule has 2 aromatic rings. The van der Waals surface area contributed by atoms with Crippen molar-refractivity contribution in [2.24, 2.45) is 4.99 Å². The second kappa shape index (κ2) is 8.74. The van der Waals surface area contributed by atoms with Gasteiger partial charge in [-0.05, 0) is 24.6 Å². The fourth-order valence-electron chi connectivity index (χ4n) is 2.73. The number of hydrogen-bond acceptors (Lipinski definition) is 1. The molecule has 0 unspecified atom stereocenters. The van der Waals surface area contributed by atoms with Gasteiger partial charge in [0.15, 0.2) is 6.21 Å². The number of nitrogens with zero attached hydrogens (tertiary/aromatic N) is 2. The average Bonchev–Trinajstić information content (AvgIpc) is 2.68. The maximum Gasteiger partial charge on any atom is 0.211 e. The highest BCUT2D eigenvalue weighted by molar-refractivity contribution is 5.97. The Morgan fingerprint density at radius 1 is 0.920 bits per heavy atom. The van der Waals surface area contributed by atoms with Crippen LogP contribution in [0.2, 0.25) is 0 Å². The first-order chi connectivity index (χ1) is 12.4. The third kappa shape index (κ3) is 4.74. The second-order valence-electron chi connectivity index (χ2n) is 5.76. The number of allylic oxidation sites excluding steroid dienone is 6. The van der Waals surface area contributed by atoms with Gasteiger partial charge in [-0.1, -0.05) is 48.6 Å². The highest BCUT2D eigenvalue weighted by atomic mass is 15.0. The van der Waals surface area contributed by atoms with E-state index in [-0.39, 0.29) is 0 Å². The molecule has 0 fully saturated rings. The van der Waals surface area contributed by atoms with Gasteiger partial charge < -0.3 is 0 Å². The monoisotopic (exact) mass is 327 g/mol. The molecule has 2 nitrogen and oxygen atoms in total. The Kier molecular flexibility index (Phi) is 5.89. The van der Waals surface area contributed by atoms with Crippen molar-refractivity contribution >= 4 is 23.3 Å². The van der Waals surface area contributed by atoms with Crippen LogP contribution in [-0.2, 0) is 0 Å². The Hall–Kier alpha value is -3.00.